The topological polar surface area (TPSA) is 26.3 Å². The van der Waals surface area contributed by atoms with Crippen molar-refractivity contribution in [1.82, 2.24) is 0 Å². The molecule has 1 aliphatic carbocycles. The van der Waals surface area contributed by atoms with E-state index >= 15 is 0 Å². The van der Waals surface area contributed by atoms with Crippen LogP contribution in [0.5, 0.6) is 5.75 Å². The van der Waals surface area contributed by atoms with Crippen molar-refractivity contribution in [2.24, 2.45) is 5.92 Å². The first-order valence-electron chi connectivity index (χ1n) is 7.48. The second kappa shape index (κ2) is 6.13. The van der Waals surface area contributed by atoms with Crippen LogP contribution in [0.3, 0.4) is 0 Å². The maximum atomic E-state index is 12.5. The van der Waals surface area contributed by atoms with E-state index in [-0.39, 0.29) is 5.92 Å². The van der Waals surface area contributed by atoms with E-state index in [4.69, 9.17) is 4.74 Å². The summed E-state index contributed by atoms with van der Waals surface area (Å²) in [5, 5.41) is 0. The number of rotatable bonds is 4. The van der Waals surface area contributed by atoms with Gasteiger partial charge in [-0.1, -0.05) is 36.4 Å². The number of hydrogen-bond acceptors (Lipinski definition) is 2. The van der Waals surface area contributed by atoms with E-state index < -0.39 is 0 Å². The Hall–Kier alpha value is -2.09. The Balaban J connectivity index is 1.69. The first-order valence-corrected chi connectivity index (χ1v) is 7.48. The van der Waals surface area contributed by atoms with Gasteiger partial charge in [0.25, 0.3) is 0 Å². The van der Waals surface area contributed by atoms with Gasteiger partial charge >= 0.3 is 0 Å². The van der Waals surface area contributed by atoms with Crippen LogP contribution in [0.15, 0.2) is 48.5 Å². The molecule has 2 aromatic carbocycles. The van der Waals surface area contributed by atoms with Gasteiger partial charge in [-0.05, 0) is 48.1 Å². The molecule has 108 valence electrons. The maximum Gasteiger partial charge on any atom is 0.140 e. The molecule has 3 rings (SSSR count). The number of ether oxygens (including phenoxy) is 1. The number of benzene rings is 2. The molecule has 1 aliphatic rings. The molecule has 2 nitrogen and oxygen atoms in total. The van der Waals surface area contributed by atoms with Crippen LogP contribution in [-0.4, -0.2) is 12.9 Å². The number of ketones is 1. The highest BCUT2D eigenvalue weighted by Crippen LogP contribution is 2.27. The third kappa shape index (κ3) is 3.15. The second-order valence-corrected chi connectivity index (χ2v) is 5.70. The van der Waals surface area contributed by atoms with Gasteiger partial charge in [0, 0.05) is 12.3 Å². The van der Waals surface area contributed by atoms with Crippen molar-refractivity contribution in [2.75, 3.05) is 7.11 Å². The molecular weight excluding hydrogens is 260 g/mol. The summed E-state index contributed by atoms with van der Waals surface area (Å²) in [6.45, 7) is 0. The Morgan fingerprint density at radius 3 is 2.76 bits per heavy atom. The number of aryl methyl sites for hydroxylation is 1. The number of hydrogen-bond donors (Lipinski definition) is 0. The molecule has 0 spiro atoms. The number of methoxy groups -OCH3 is 1. The molecule has 2 heteroatoms. The standard InChI is InChI=1S/C19H20O2/c1-21-18-8-4-5-14(11-18)12-19(20)17-10-9-15-6-2-3-7-16(15)13-17/h2-8,11,17H,9-10,12-13H2,1H3. The Labute approximate surface area is 125 Å². The SMILES string of the molecule is COc1cccc(CC(=O)C2CCc3ccccc3C2)c1. The van der Waals surface area contributed by atoms with Crippen LogP contribution in [0.1, 0.15) is 23.1 Å². The van der Waals surface area contributed by atoms with E-state index in [9.17, 15) is 4.79 Å². The molecule has 0 bridgehead atoms. The van der Waals surface area contributed by atoms with Crippen molar-refractivity contribution in [1.29, 1.82) is 0 Å². The number of carbonyl (C=O) groups excluding carboxylic acids is 1. The molecule has 0 amide bonds. The molecule has 1 unspecified atom stereocenters. The average Bonchev–Trinajstić information content (AvgIpc) is 2.54. The molecule has 21 heavy (non-hydrogen) atoms. The first kappa shape index (κ1) is 13.9. The molecule has 1 atom stereocenters. The fourth-order valence-electron chi connectivity index (χ4n) is 3.10. The molecule has 0 radical (unpaired) electrons. The zero-order valence-corrected chi connectivity index (χ0v) is 12.3. The zero-order valence-electron chi connectivity index (χ0n) is 12.3. The van der Waals surface area contributed by atoms with Gasteiger partial charge < -0.3 is 4.74 Å². The van der Waals surface area contributed by atoms with Crippen LogP contribution in [-0.2, 0) is 24.1 Å². The lowest BCUT2D eigenvalue weighted by atomic mass is 9.80. The average molecular weight is 280 g/mol. The van der Waals surface area contributed by atoms with E-state index in [1.807, 2.05) is 24.3 Å². The van der Waals surface area contributed by atoms with Gasteiger partial charge in [0.1, 0.15) is 11.5 Å². The highest BCUT2D eigenvalue weighted by atomic mass is 16.5. The van der Waals surface area contributed by atoms with Crippen molar-refractivity contribution < 1.29 is 9.53 Å². The predicted molar refractivity (Wildman–Crippen MR) is 83.7 cm³/mol. The van der Waals surface area contributed by atoms with Crippen LogP contribution >= 0.6 is 0 Å². The van der Waals surface area contributed by atoms with Gasteiger partial charge in [-0.3, -0.25) is 4.79 Å². The van der Waals surface area contributed by atoms with Crippen LogP contribution in [0.4, 0.5) is 0 Å². The summed E-state index contributed by atoms with van der Waals surface area (Å²) in [6, 6.07) is 16.3. The zero-order chi connectivity index (χ0) is 14.7. The monoisotopic (exact) mass is 280 g/mol. The minimum Gasteiger partial charge on any atom is -0.497 e. The molecule has 0 N–H and O–H groups in total. The summed E-state index contributed by atoms with van der Waals surface area (Å²) >= 11 is 0. The van der Waals surface area contributed by atoms with Crippen molar-refractivity contribution in [3.05, 3.63) is 65.2 Å². The van der Waals surface area contributed by atoms with Gasteiger partial charge in [-0.15, -0.1) is 0 Å². The lowest BCUT2D eigenvalue weighted by Crippen LogP contribution is -2.24. The Bertz CT molecular complexity index is 646. The van der Waals surface area contributed by atoms with Crippen molar-refractivity contribution in [2.45, 2.75) is 25.7 Å². The third-order valence-corrected chi connectivity index (χ3v) is 4.31. The highest BCUT2D eigenvalue weighted by molar-refractivity contribution is 5.84. The summed E-state index contributed by atoms with van der Waals surface area (Å²) in [6.07, 6.45) is 3.38. The number of fused-ring (bicyclic) bond motifs is 1. The predicted octanol–water partition coefficient (Wildman–Crippen LogP) is 3.61. The van der Waals surface area contributed by atoms with Gasteiger partial charge in [0.2, 0.25) is 0 Å². The Morgan fingerprint density at radius 2 is 1.95 bits per heavy atom. The molecule has 0 aromatic heterocycles. The smallest absolute Gasteiger partial charge is 0.140 e. The van der Waals surface area contributed by atoms with E-state index in [0.29, 0.717) is 12.2 Å². The summed E-state index contributed by atoms with van der Waals surface area (Å²) in [5.74, 6) is 1.32. The Morgan fingerprint density at radius 1 is 1.14 bits per heavy atom. The van der Waals surface area contributed by atoms with E-state index in [0.717, 1.165) is 30.6 Å². The summed E-state index contributed by atoms with van der Waals surface area (Å²) < 4.78 is 5.22. The summed E-state index contributed by atoms with van der Waals surface area (Å²) in [7, 11) is 1.65. The van der Waals surface area contributed by atoms with E-state index in [2.05, 4.69) is 24.3 Å². The molecule has 0 fully saturated rings. The highest BCUT2D eigenvalue weighted by Gasteiger charge is 2.24. The van der Waals surface area contributed by atoms with Crippen LogP contribution in [0, 0.1) is 5.92 Å². The lowest BCUT2D eigenvalue weighted by molar-refractivity contribution is -0.122. The molecule has 0 saturated carbocycles. The summed E-state index contributed by atoms with van der Waals surface area (Å²) in [4.78, 5) is 12.5. The van der Waals surface area contributed by atoms with Crippen LogP contribution in [0.2, 0.25) is 0 Å². The summed E-state index contributed by atoms with van der Waals surface area (Å²) in [5.41, 5.74) is 3.79. The van der Waals surface area contributed by atoms with Gasteiger partial charge in [0.05, 0.1) is 7.11 Å². The first-order chi connectivity index (χ1) is 10.3. The van der Waals surface area contributed by atoms with Gasteiger partial charge in [0.15, 0.2) is 0 Å². The fourth-order valence-corrected chi connectivity index (χ4v) is 3.10. The minimum absolute atomic E-state index is 0.158. The second-order valence-electron chi connectivity index (χ2n) is 5.70. The van der Waals surface area contributed by atoms with Crippen molar-refractivity contribution in [3.8, 4) is 5.75 Å². The van der Waals surface area contributed by atoms with Crippen LogP contribution in [0.25, 0.3) is 0 Å². The van der Waals surface area contributed by atoms with Gasteiger partial charge in [-0.25, -0.2) is 0 Å². The lowest BCUT2D eigenvalue weighted by Gasteiger charge is -2.23. The number of carbonyl (C=O) groups is 1. The normalized spacial score (nSPS) is 17.1. The molecule has 0 saturated heterocycles. The third-order valence-electron chi connectivity index (χ3n) is 4.31. The van der Waals surface area contributed by atoms with Crippen LogP contribution < -0.4 is 4.74 Å². The molecule has 2 aromatic rings. The quantitative estimate of drug-likeness (QED) is 0.855. The van der Waals surface area contributed by atoms with E-state index in [1.165, 1.54) is 11.1 Å². The largest absolute Gasteiger partial charge is 0.497 e. The minimum atomic E-state index is 0.158. The molecule has 0 heterocycles. The number of Topliss-reactive ketones (excluding diaryl/α,β-unsaturated/α-hetero) is 1. The van der Waals surface area contributed by atoms with Crippen molar-refractivity contribution >= 4 is 5.78 Å². The van der Waals surface area contributed by atoms with E-state index in [1.54, 1.807) is 7.11 Å². The Kier molecular flexibility index (Phi) is 4.05. The fraction of sp³-hybridized carbons (Fsp3) is 0.316. The maximum absolute atomic E-state index is 12.5. The molecule has 0 aliphatic heterocycles. The molecular formula is C19H20O2. The van der Waals surface area contributed by atoms with Crippen molar-refractivity contribution in [3.63, 3.8) is 0 Å². The van der Waals surface area contributed by atoms with Gasteiger partial charge in [-0.2, -0.15) is 0 Å².